The molecule has 7 nitrogen and oxygen atoms in total. The first-order chi connectivity index (χ1) is 15.3. The minimum atomic E-state index is -4.15. The molecule has 3 aromatic carbocycles. The molecule has 1 amide bonds. The summed E-state index contributed by atoms with van der Waals surface area (Å²) in [6.45, 7) is 1.81. The number of rotatable bonds is 9. The predicted molar refractivity (Wildman–Crippen MR) is 120 cm³/mol. The first kappa shape index (κ1) is 23.1. The van der Waals surface area contributed by atoms with Crippen molar-refractivity contribution in [2.75, 3.05) is 29.9 Å². The third-order valence-corrected chi connectivity index (χ3v) is 6.29. The third-order valence-electron chi connectivity index (χ3n) is 4.50. The summed E-state index contributed by atoms with van der Waals surface area (Å²) in [5.74, 6) is 0.0829. The molecule has 0 spiro atoms. The van der Waals surface area contributed by atoms with Crippen molar-refractivity contribution < 1.29 is 27.1 Å². The number of hydrogen-bond acceptors (Lipinski definition) is 5. The first-order valence-corrected chi connectivity index (χ1v) is 11.2. The predicted octanol–water partition coefficient (Wildman–Crippen LogP) is 4.07. The molecule has 0 saturated heterocycles. The van der Waals surface area contributed by atoms with Crippen molar-refractivity contribution in [3.8, 4) is 11.5 Å². The number of carbonyl (C=O) groups is 1. The maximum atomic E-state index is 13.3. The summed E-state index contributed by atoms with van der Waals surface area (Å²) >= 11 is 0. The van der Waals surface area contributed by atoms with E-state index in [1.165, 1.54) is 7.11 Å². The molecule has 0 heterocycles. The molecule has 168 valence electrons. The Morgan fingerprint density at radius 1 is 0.938 bits per heavy atom. The van der Waals surface area contributed by atoms with Crippen molar-refractivity contribution in [1.29, 1.82) is 0 Å². The summed E-state index contributed by atoms with van der Waals surface area (Å²) in [4.78, 5) is 12.6. The second kappa shape index (κ2) is 10.1. The molecule has 0 aliphatic carbocycles. The van der Waals surface area contributed by atoms with E-state index in [-0.39, 0.29) is 10.6 Å². The summed E-state index contributed by atoms with van der Waals surface area (Å²) in [6, 6.07) is 17.4. The van der Waals surface area contributed by atoms with Crippen molar-refractivity contribution in [3.05, 3.63) is 78.6 Å². The number of halogens is 1. The topological polar surface area (TPSA) is 84.9 Å². The molecular weight excluding hydrogens is 435 g/mol. The van der Waals surface area contributed by atoms with E-state index in [0.717, 1.165) is 28.6 Å². The van der Waals surface area contributed by atoms with Gasteiger partial charge in [0.15, 0.2) is 0 Å². The van der Waals surface area contributed by atoms with Crippen LogP contribution in [-0.4, -0.2) is 34.6 Å². The average Bonchev–Trinajstić information content (AvgIpc) is 2.79. The third kappa shape index (κ3) is 5.55. The van der Waals surface area contributed by atoms with Gasteiger partial charge in [-0.15, -0.1) is 0 Å². The Hall–Kier alpha value is -3.59. The fraction of sp³-hybridized carbons (Fsp3) is 0.174. The Kier molecular flexibility index (Phi) is 7.32. The zero-order valence-electron chi connectivity index (χ0n) is 17.6. The van der Waals surface area contributed by atoms with Crippen molar-refractivity contribution in [3.63, 3.8) is 0 Å². The van der Waals surface area contributed by atoms with Crippen LogP contribution in [0.3, 0.4) is 0 Å². The Morgan fingerprint density at radius 2 is 1.53 bits per heavy atom. The van der Waals surface area contributed by atoms with Gasteiger partial charge in [-0.3, -0.25) is 9.10 Å². The van der Waals surface area contributed by atoms with E-state index in [2.05, 4.69) is 5.32 Å². The zero-order chi connectivity index (χ0) is 23.1. The van der Waals surface area contributed by atoms with Crippen LogP contribution < -0.4 is 19.1 Å². The van der Waals surface area contributed by atoms with Crippen molar-refractivity contribution in [2.45, 2.75) is 11.8 Å². The highest BCUT2D eigenvalue weighted by atomic mass is 32.2. The van der Waals surface area contributed by atoms with Crippen LogP contribution in [0.1, 0.15) is 6.92 Å². The Balaban J connectivity index is 1.90. The summed E-state index contributed by atoms with van der Waals surface area (Å²) in [5, 5.41) is 2.67. The molecule has 0 saturated carbocycles. The van der Waals surface area contributed by atoms with E-state index in [0.29, 0.717) is 23.8 Å². The quantitative estimate of drug-likeness (QED) is 0.523. The van der Waals surface area contributed by atoms with Gasteiger partial charge >= 0.3 is 0 Å². The number of anilines is 2. The lowest BCUT2D eigenvalue weighted by atomic mass is 10.3. The molecule has 0 unspecified atom stereocenters. The molecular formula is C23H23FN2O5S. The van der Waals surface area contributed by atoms with Crippen LogP contribution >= 0.6 is 0 Å². The standard InChI is InChI=1S/C23H23FN2O5S/c1-3-31-21-12-8-19(9-13-21)26(32(28,29)22-14-4-17(24)5-15-22)16-23(27)25-18-6-10-20(30-2)11-7-18/h4-15H,3,16H2,1-2H3,(H,25,27). The van der Waals surface area contributed by atoms with Crippen LogP contribution in [0.2, 0.25) is 0 Å². The van der Waals surface area contributed by atoms with E-state index in [1.807, 2.05) is 6.92 Å². The van der Waals surface area contributed by atoms with Crippen molar-refractivity contribution >= 4 is 27.3 Å². The summed E-state index contributed by atoms with van der Waals surface area (Å²) in [5.41, 5.74) is 0.754. The normalized spacial score (nSPS) is 11.0. The van der Waals surface area contributed by atoms with E-state index >= 15 is 0 Å². The van der Waals surface area contributed by atoms with E-state index in [1.54, 1.807) is 48.5 Å². The molecule has 0 radical (unpaired) electrons. The second-order valence-corrected chi connectivity index (χ2v) is 8.53. The van der Waals surface area contributed by atoms with Gasteiger partial charge < -0.3 is 14.8 Å². The van der Waals surface area contributed by atoms with Crippen molar-refractivity contribution in [1.82, 2.24) is 0 Å². The lowest BCUT2D eigenvalue weighted by molar-refractivity contribution is -0.114. The van der Waals surface area contributed by atoms with Crippen LogP contribution in [0.15, 0.2) is 77.7 Å². The number of amides is 1. The van der Waals surface area contributed by atoms with E-state index < -0.39 is 28.3 Å². The second-order valence-electron chi connectivity index (χ2n) is 6.67. The Labute approximate surface area is 186 Å². The molecule has 3 aromatic rings. The molecule has 0 aliphatic heterocycles. The van der Waals surface area contributed by atoms with Crippen LogP contribution in [0.5, 0.6) is 11.5 Å². The van der Waals surface area contributed by atoms with Gasteiger partial charge in [-0.05, 0) is 79.7 Å². The van der Waals surface area contributed by atoms with Gasteiger partial charge in [0.1, 0.15) is 23.9 Å². The molecule has 0 atom stereocenters. The van der Waals surface area contributed by atoms with Gasteiger partial charge in [0.05, 0.1) is 24.3 Å². The van der Waals surface area contributed by atoms with Gasteiger partial charge in [-0.2, -0.15) is 0 Å². The maximum absolute atomic E-state index is 13.3. The lowest BCUT2D eigenvalue weighted by Gasteiger charge is -2.24. The van der Waals surface area contributed by atoms with Crippen LogP contribution in [0.25, 0.3) is 0 Å². The van der Waals surface area contributed by atoms with Gasteiger partial charge in [0, 0.05) is 5.69 Å². The van der Waals surface area contributed by atoms with Crippen LogP contribution in [0.4, 0.5) is 15.8 Å². The van der Waals surface area contributed by atoms with Crippen LogP contribution in [0, 0.1) is 5.82 Å². The highest BCUT2D eigenvalue weighted by molar-refractivity contribution is 7.92. The number of ether oxygens (including phenoxy) is 2. The monoisotopic (exact) mass is 458 g/mol. The van der Waals surface area contributed by atoms with Gasteiger partial charge in [0.25, 0.3) is 10.0 Å². The summed E-state index contributed by atoms with van der Waals surface area (Å²) in [6.07, 6.45) is 0. The molecule has 9 heteroatoms. The van der Waals surface area contributed by atoms with E-state index in [9.17, 15) is 17.6 Å². The molecule has 1 N–H and O–H groups in total. The number of nitrogens with zero attached hydrogens (tertiary/aromatic N) is 1. The first-order valence-electron chi connectivity index (χ1n) is 9.78. The largest absolute Gasteiger partial charge is 0.497 e. The Bertz CT molecular complexity index is 1150. The lowest BCUT2D eigenvalue weighted by Crippen LogP contribution is -2.38. The zero-order valence-corrected chi connectivity index (χ0v) is 18.4. The summed E-state index contributed by atoms with van der Waals surface area (Å²) < 4.78 is 51.4. The number of sulfonamides is 1. The fourth-order valence-corrected chi connectivity index (χ4v) is 4.35. The molecule has 0 aliphatic rings. The van der Waals surface area contributed by atoms with Gasteiger partial charge in [-0.25, -0.2) is 12.8 Å². The highest BCUT2D eigenvalue weighted by Crippen LogP contribution is 2.26. The number of carbonyl (C=O) groups excluding carboxylic acids is 1. The fourth-order valence-electron chi connectivity index (χ4n) is 2.93. The Morgan fingerprint density at radius 3 is 2.09 bits per heavy atom. The van der Waals surface area contributed by atoms with Crippen LogP contribution in [-0.2, 0) is 14.8 Å². The van der Waals surface area contributed by atoms with E-state index in [4.69, 9.17) is 9.47 Å². The number of nitrogens with one attached hydrogen (secondary N) is 1. The summed E-state index contributed by atoms with van der Waals surface area (Å²) in [7, 11) is -2.62. The number of benzene rings is 3. The van der Waals surface area contributed by atoms with Crippen molar-refractivity contribution in [2.24, 2.45) is 0 Å². The highest BCUT2D eigenvalue weighted by Gasteiger charge is 2.27. The number of methoxy groups -OCH3 is 1. The SMILES string of the molecule is CCOc1ccc(N(CC(=O)Nc2ccc(OC)cc2)S(=O)(=O)c2ccc(F)cc2)cc1. The van der Waals surface area contributed by atoms with Gasteiger partial charge in [-0.1, -0.05) is 0 Å². The van der Waals surface area contributed by atoms with Gasteiger partial charge in [0.2, 0.25) is 5.91 Å². The molecule has 32 heavy (non-hydrogen) atoms. The molecule has 0 bridgehead atoms. The average molecular weight is 459 g/mol. The minimum absolute atomic E-state index is 0.134. The molecule has 3 rings (SSSR count). The number of hydrogen-bond donors (Lipinski definition) is 1. The molecule has 0 fully saturated rings. The smallest absolute Gasteiger partial charge is 0.264 e. The maximum Gasteiger partial charge on any atom is 0.264 e. The minimum Gasteiger partial charge on any atom is -0.497 e. The molecule has 0 aromatic heterocycles.